The molecule has 1 saturated heterocycles. The molecule has 0 bridgehead atoms. The van der Waals surface area contributed by atoms with Crippen LogP contribution in [0.4, 0.5) is 5.69 Å². The molecule has 174 valence electrons. The SMILES string of the molecule is CCOc1ccc(C2=C(N3CCCC(CO)C3)C(=O)N(c3ccc(OCC)cc3)C2=O)cc1. The fraction of sp³-hybridized carbons (Fsp3) is 0.385. The Kier molecular flexibility index (Phi) is 6.99. The first-order valence-corrected chi connectivity index (χ1v) is 11.5. The number of anilines is 1. The largest absolute Gasteiger partial charge is 0.494 e. The summed E-state index contributed by atoms with van der Waals surface area (Å²) in [6, 6.07) is 14.2. The lowest BCUT2D eigenvalue weighted by Crippen LogP contribution is -2.40. The fourth-order valence-electron chi connectivity index (χ4n) is 4.47. The highest BCUT2D eigenvalue weighted by atomic mass is 16.5. The molecule has 0 spiro atoms. The first kappa shape index (κ1) is 22.9. The Morgan fingerprint density at radius 3 is 2.09 bits per heavy atom. The third kappa shape index (κ3) is 4.59. The number of ether oxygens (including phenoxy) is 2. The van der Waals surface area contributed by atoms with Gasteiger partial charge in [-0.3, -0.25) is 9.59 Å². The van der Waals surface area contributed by atoms with Crippen LogP contribution < -0.4 is 14.4 Å². The van der Waals surface area contributed by atoms with E-state index in [0.717, 1.165) is 12.8 Å². The molecule has 7 heteroatoms. The number of aliphatic hydroxyl groups is 1. The van der Waals surface area contributed by atoms with Gasteiger partial charge in [-0.05, 0) is 74.6 Å². The summed E-state index contributed by atoms with van der Waals surface area (Å²) >= 11 is 0. The van der Waals surface area contributed by atoms with Gasteiger partial charge < -0.3 is 19.5 Å². The Balaban J connectivity index is 1.74. The molecule has 2 aromatic carbocycles. The molecule has 1 fully saturated rings. The Morgan fingerprint density at radius 2 is 1.52 bits per heavy atom. The van der Waals surface area contributed by atoms with Crippen molar-refractivity contribution in [3.8, 4) is 11.5 Å². The third-order valence-electron chi connectivity index (χ3n) is 6.01. The zero-order chi connectivity index (χ0) is 23.4. The summed E-state index contributed by atoms with van der Waals surface area (Å²) in [5.41, 5.74) is 1.96. The maximum Gasteiger partial charge on any atom is 0.282 e. The van der Waals surface area contributed by atoms with Crippen LogP contribution in [0.5, 0.6) is 11.5 Å². The van der Waals surface area contributed by atoms with E-state index in [9.17, 15) is 14.7 Å². The average Bonchev–Trinajstić information content (AvgIpc) is 3.10. The van der Waals surface area contributed by atoms with Gasteiger partial charge in [-0.25, -0.2) is 4.90 Å². The van der Waals surface area contributed by atoms with Crippen LogP contribution in [0.15, 0.2) is 54.2 Å². The molecule has 2 amide bonds. The van der Waals surface area contributed by atoms with Gasteiger partial charge in [-0.1, -0.05) is 12.1 Å². The molecule has 2 aromatic rings. The van der Waals surface area contributed by atoms with Crippen LogP contribution in [-0.4, -0.2) is 54.7 Å². The van der Waals surface area contributed by atoms with Gasteiger partial charge in [0.15, 0.2) is 0 Å². The Labute approximate surface area is 194 Å². The van der Waals surface area contributed by atoms with Crippen molar-refractivity contribution in [2.75, 3.05) is 37.8 Å². The van der Waals surface area contributed by atoms with Gasteiger partial charge in [-0.15, -0.1) is 0 Å². The standard InChI is InChI=1S/C26H30N2O5/c1-3-32-21-11-7-19(8-12-21)23-24(27-15-5-6-18(16-27)17-29)26(31)28(25(23)30)20-9-13-22(14-10-20)33-4-2/h7-14,18,29H,3-6,15-17H2,1-2H3. The number of benzene rings is 2. The van der Waals surface area contributed by atoms with Crippen LogP contribution >= 0.6 is 0 Å². The second-order valence-electron chi connectivity index (χ2n) is 8.19. The number of piperidine rings is 1. The third-order valence-corrected chi connectivity index (χ3v) is 6.01. The number of rotatable bonds is 8. The van der Waals surface area contributed by atoms with E-state index in [1.165, 1.54) is 4.90 Å². The number of likely N-dealkylation sites (tertiary alicyclic amines) is 1. The first-order chi connectivity index (χ1) is 16.1. The number of aliphatic hydroxyl groups excluding tert-OH is 1. The second-order valence-corrected chi connectivity index (χ2v) is 8.19. The fourth-order valence-corrected chi connectivity index (χ4v) is 4.47. The summed E-state index contributed by atoms with van der Waals surface area (Å²) in [4.78, 5) is 30.5. The number of amides is 2. The van der Waals surface area contributed by atoms with E-state index >= 15 is 0 Å². The van der Waals surface area contributed by atoms with Crippen LogP contribution in [0.3, 0.4) is 0 Å². The highest BCUT2D eigenvalue weighted by molar-refractivity contribution is 6.45. The predicted molar refractivity (Wildman–Crippen MR) is 126 cm³/mol. The van der Waals surface area contributed by atoms with Gasteiger partial charge in [0.1, 0.15) is 17.2 Å². The molecule has 33 heavy (non-hydrogen) atoms. The van der Waals surface area contributed by atoms with Crippen molar-refractivity contribution >= 4 is 23.1 Å². The highest BCUT2D eigenvalue weighted by Gasteiger charge is 2.43. The van der Waals surface area contributed by atoms with Crippen LogP contribution in [0.2, 0.25) is 0 Å². The molecule has 0 aliphatic carbocycles. The van der Waals surface area contributed by atoms with Crippen molar-refractivity contribution in [1.29, 1.82) is 0 Å². The van der Waals surface area contributed by atoms with E-state index < -0.39 is 0 Å². The lowest BCUT2D eigenvalue weighted by Gasteiger charge is -2.34. The molecular weight excluding hydrogens is 420 g/mol. The normalized spacial score (nSPS) is 18.8. The molecule has 0 saturated carbocycles. The van der Waals surface area contributed by atoms with Crippen molar-refractivity contribution in [2.24, 2.45) is 5.92 Å². The second kappa shape index (κ2) is 10.1. The topological polar surface area (TPSA) is 79.3 Å². The molecule has 1 unspecified atom stereocenters. The number of imide groups is 1. The van der Waals surface area contributed by atoms with Crippen LogP contribution in [0, 0.1) is 5.92 Å². The molecule has 0 radical (unpaired) electrons. The van der Waals surface area contributed by atoms with Crippen molar-refractivity contribution in [1.82, 2.24) is 4.90 Å². The van der Waals surface area contributed by atoms with E-state index in [4.69, 9.17) is 9.47 Å². The quantitative estimate of drug-likeness (QED) is 0.621. The highest BCUT2D eigenvalue weighted by Crippen LogP contribution is 2.37. The Hall–Kier alpha value is -3.32. The lowest BCUT2D eigenvalue weighted by molar-refractivity contribution is -0.120. The molecule has 2 heterocycles. The first-order valence-electron chi connectivity index (χ1n) is 11.5. The minimum absolute atomic E-state index is 0.0624. The van der Waals surface area contributed by atoms with Crippen molar-refractivity contribution in [3.63, 3.8) is 0 Å². The van der Waals surface area contributed by atoms with E-state index in [0.29, 0.717) is 60.3 Å². The smallest absolute Gasteiger partial charge is 0.282 e. The van der Waals surface area contributed by atoms with Crippen LogP contribution in [0.25, 0.3) is 5.57 Å². The van der Waals surface area contributed by atoms with Crippen molar-refractivity contribution in [3.05, 3.63) is 59.8 Å². The molecule has 0 aromatic heterocycles. The van der Waals surface area contributed by atoms with Gasteiger partial charge in [-0.2, -0.15) is 0 Å². The maximum absolute atomic E-state index is 13.7. The lowest BCUT2D eigenvalue weighted by atomic mass is 9.97. The molecule has 1 N–H and O–H groups in total. The summed E-state index contributed by atoms with van der Waals surface area (Å²) in [6.07, 6.45) is 1.76. The number of hydrogen-bond donors (Lipinski definition) is 1. The summed E-state index contributed by atoms with van der Waals surface area (Å²) in [5.74, 6) is 0.778. The number of nitrogens with zero attached hydrogens (tertiary/aromatic N) is 2. The number of hydrogen-bond acceptors (Lipinski definition) is 6. The van der Waals surface area contributed by atoms with E-state index in [1.54, 1.807) is 24.3 Å². The van der Waals surface area contributed by atoms with Gasteiger partial charge in [0.05, 0.1) is 24.5 Å². The molecule has 7 nitrogen and oxygen atoms in total. The minimum Gasteiger partial charge on any atom is -0.494 e. The summed E-state index contributed by atoms with van der Waals surface area (Å²) < 4.78 is 11.0. The van der Waals surface area contributed by atoms with Crippen molar-refractivity contribution in [2.45, 2.75) is 26.7 Å². The summed E-state index contributed by atoms with van der Waals surface area (Å²) in [5, 5.41) is 9.70. The average molecular weight is 451 g/mol. The number of carbonyl (C=O) groups is 2. The zero-order valence-corrected chi connectivity index (χ0v) is 19.1. The van der Waals surface area contributed by atoms with Gasteiger partial charge >= 0.3 is 0 Å². The molecule has 2 aliphatic rings. The van der Waals surface area contributed by atoms with Gasteiger partial charge in [0.2, 0.25) is 0 Å². The minimum atomic E-state index is -0.352. The predicted octanol–water partition coefficient (Wildman–Crippen LogP) is 3.47. The van der Waals surface area contributed by atoms with Gasteiger partial charge in [0.25, 0.3) is 11.8 Å². The Bertz CT molecular complexity index is 1030. The Morgan fingerprint density at radius 1 is 0.909 bits per heavy atom. The molecule has 2 aliphatic heterocycles. The maximum atomic E-state index is 13.7. The monoisotopic (exact) mass is 450 g/mol. The molecule has 1 atom stereocenters. The van der Waals surface area contributed by atoms with Crippen LogP contribution in [-0.2, 0) is 9.59 Å². The summed E-state index contributed by atoms with van der Waals surface area (Å²) in [6.45, 7) is 6.18. The van der Waals surface area contributed by atoms with Crippen LogP contribution in [0.1, 0.15) is 32.3 Å². The summed E-state index contributed by atoms with van der Waals surface area (Å²) in [7, 11) is 0. The van der Waals surface area contributed by atoms with E-state index in [2.05, 4.69) is 0 Å². The zero-order valence-electron chi connectivity index (χ0n) is 19.1. The van der Waals surface area contributed by atoms with E-state index in [1.807, 2.05) is 43.0 Å². The van der Waals surface area contributed by atoms with E-state index in [-0.39, 0.29) is 24.3 Å². The van der Waals surface area contributed by atoms with Gasteiger partial charge in [0, 0.05) is 19.7 Å². The molecular formula is C26H30N2O5. The number of carbonyl (C=O) groups excluding carboxylic acids is 2. The molecule has 4 rings (SSSR count). The van der Waals surface area contributed by atoms with Crippen molar-refractivity contribution < 1.29 is 24.2 Å².